The molecule has 0 bridgehead atoms. The summed E-state index contributed by atoms with van der Waals surface area (Å²) in [7, 11) is 0. The van der Waals surface area contributed by atoms with Gasteiger partial charge in [-0.15, -0.1) is 0 Å². The van der Waals surface area contributed by atoms with E-state index in [4.69, 9.17) is 5.73 Å². The van der Waals surface area contributed by atoms with Crippen LogP contribution in [0.15, 0.2) is 18.2 Å². The van der Waals surface area contributed by atoms with E-state index in [0.29, 0.717) is 6.29 Å². The van der Waals surface area contributed by atoms with E-state index in [2.05, 4.69) is 5.32 Å². The summed E-state index contributed by atoms with van der Waals surface area (Å²) in [6.45, 7) is 3.41. The Bertz CT molecular complexity index is 526. The highest BCUT2D eigenvalue weighted by Crippen LogP contribution is 2.28. The average molecular weight is 265 g/mol. The number of nitrogens with two attached hydrogens (primary N) is 1. The molecule has 0 atom stereocenters. The lowest BCUT2D eigenvalue weighted by Gasteiger charge is -2.25. The molecule has 1 aromatic carbocycles. The fourth-order valence-electron chi connectivity index (χ4n) is 1.72. The number of anilines is 1. The van der Waals surface area contributed by atoms with Gasteiger partial charge in [-0.2, -0.15) is 0 Å². The molecule has 0 aliphatic carbocycles. The van der Waals surface area contributed by atoms with Crippen LogP contribution in [0.3, 0.4) is 0 Å². The van der Waals surface area contributed by atoms with Crippen LogP contribution in [0.2, 0.25) is 0 Å². The van der Waals surface area contributed by atoms with Gasteiger partial charge >= 0.3 is 0 Å². The molecule has 1 rings (SSSR count). The topological polar surface area (TPSA) is 115 Å². The second kappa shape index (κ2) is 5.47. The minimum absolute atomic E-state index is 0.0274. The molecule has 1 amide bonds. The molecule has 0 aliphatic heterocycles. The molecule has 0 spiro atoms. The van der Waals surface area contributed by atoms with Crippen LogP contribution in [0.5, 0.6) is 0 Å². The van der Waals surface area contributed by atoms with Gasteiger partial charge in [0.1, 0.15) is 12.0 Å². The second-order valence-corrected chi connectivity index (χ2v) is 4.80. The summed E-state index contributed by atoms with van der Waals surface area (Å²) in [5.41, 5.74) is 4.62. The van der Waals surface area contributed by atoms with Crippen LogP contribution in [0.25, 0.3) is 0 Å². The van der Waals surface area contributed by atoms with Crippen molar-refractivity contribution in [1.29, 1.82) is 0 Å². The molecule has 0 unspecified atom stereocenters. The number of primary amides is 1. The quantitative estimate of drug-likeness (QED) is 0.459. The van der Waals surface area contributed by atoms with Crippen LogP contribution >= 0.6 is 0 Å². The average Bonchev–Trinajstić information content (AvgIpc) is 2.26. The van der Waals surface area contributed by atoms with Crippen molar-refractivity contribution < 1.29 is 14.5 Å². The van der Waals surface area contributed by atoms with E-state index in [9.17, 15) is 19.7 Å². The van der Waals surface area contributed by atoms with Gasteiger partial charge in [0.05, 0.1) is 4.92 Å². The molecular weight excluding hydrogens is 250 g/mol. The number of hydrogen-bond donors (Lipinski definition) is 2. The Hall–Kier alpha value is -2.44. The number of nitrogens with one attached hydrogen (secondary N) is 1. The van der Waals surface area contributed by atoms with Crippen molar-refractivity contribution >= 4 is 23.6 Å². The summed E-state index contributed by atoms with van der Waals surface area (Å²) in [6, 6.07) is 4.07. The van der Waals surface area contributed by atoms with Gasteiger partial charge in [-0.1, -0.05) is 0 Å². The van der Waals surface area contributed by atoms with Crippen LogP contribution in [0.4, 0.5) is 11.4 Å². The van der Waals surface area contributed by atoms with E-state index in [-0.39, 0.29) is 23.4 Å². The molecule has 7 heteroatoms. The number of nitrogens with zero attached hydrogens (tertiary/aromatic N) is 1. The summed E-state index contributed by atoms with van der Waals surface area (Å²) in [4.78, 5) is 31.9. The first-order chi connectivity index (χ1) is 8.75. The van der Waals surface area contributed by atoms with Crippen LogP contribution in [-0.2, 0) is 4.79 Å². The largest absolute Gasteiger partial charge is 0.374 e. The lowest BCUT2D eigenvalue weighted by Crippen LogP contribution is -2.36. The second-order valence-electron chi connectivity index (χ2n) is 4.80. The highest BCUT2D eigenvalue weighted by molar-refractivity contribution is 5.80. The molecular formula is C12H15N3O4. The summed E-state index contributed by atoms with van der Waals surface area (Å²) in [5.74, 6) is -0.510. The predicted molar refractivity (Wildman–Crippen MR) is 70.0 cm³/mol. The number of hydrogen-bond acceptors (Lipinski definition) is 5. The zero-order valence-corrected chi connectivity index (χ0v) is 10.7. The number of benzene rings is 1. The number of aldehydes is 1. The molecule has 0 saturated heterocycles. The van der Waals surface area contributed by atoms with E-state index in [0.717, 1.165) is 0 Å². The molecule has 19 heavy (non-hydrogen) atoms. The maximum atomic E-state index is 11.0. The van der Waals surface area contributed by atoms with Gasteiger partial charge in [0.25, 0.3) is 5.69 Å². The van der Waals surface area contributed by atoms with Gasteiger partial charge in [-0.25, -0.2) is 0 Å². The molecule has 0 aliphatic rings. The molecule has 0 radical (unpaired) electrons. The van der Waals surface area contributed by atoms with Gasteiger partial charge < -0.3 is 11.1 Å². The molecule has 0 saturated carbocycles. The van der Waals surface area contributed by atoms with Gasteiger partial charge in [0.2, 0.25) is 5.91 Å². The van der Waals surface area contributed by atoms with E-state index in [1.807, 2.05) is 0 Å². The molecule has 0 fully saturated rings. The van der Waals surface area contributed by atoms with Crippen LogP contribution in [0, 0.1) is 10.1 Å². The van der Waals surface area contributed by atoms with Gasteiger partial charge in [0, 0.05) is 23.6 Å². The smallest absolute Gasteiger partial charge is 0.293 e. The fraction of sp³-hybridized carbons (Fsp3) is 0.333. The standard InChI is InChI=1S/C12H15N3O4/c1-12(2,6-11(13)17)14-9-4-3-8(7-16)5-10(9)15(18)19/h3-5,7,14H,6H2,1-2H3,(H2,13,17). The summed E-state index contributed by atoms with van der Waals surface area (Å²) < 4.78 is 0. The van der Waals surface area contributed by atoms with E-state index in [1.54, 1.807) is 13.8 Å². The Morgan fingerprint density at radius 2 is 2.16 bits per heavy atom. The van der Waals surface area contributed by atoms with Gasteiger partial charge in [-0.05, 0) is 26.0 Å². The number of carbonyl (C=O) groups is 2. The minimum Gasteiger partial charge on any atom is -0.374 e. The maximum absolute atomic E-state index is 11.0. The SMILES string of the molecule is CC(C)(CC(N)=O)Nc1ccc(C=O)cc1[N+](=O)[O-]. The summed E-state index contributed by atoms with van der Waals surface area (Å²) in [6.07, 6.45) is 0.560. The monoisotopic (exact) mass is 265 g/mol. The first kappa shape index (κ1) is 14.6. The number of amides is 1. The van der Waals surface area contributed by atoms with E-state index < -0.39 is 16.4 Å². The van der Waals surface area contributed by atoms with Crippen molar-refractivity contribution in [1.82, 2.24) is 0 Å². The highest BCUT2D eigenvalue weighted by Gasteiger charge is 2.24. The predicted octanol–water partition coefficient (Wildman–Crippen LogP) is 1.47. The molecule has 3 N–H and O–H groups in total. The molecule has 0 aromatic heterocycles. The van der Waals surface area contributed by atoms with Crippen LogP contribution < -0.4 is 11.1 Å². The molecule has 7 nitrogen and oxygen atoms in total. The highest BCUT2D eigenvalue weighted by atomic mass is 16.6. The van der Waals surface area contributed by atoms with Crippen LogP contribution in [0.1, 0.15) is 30.6 Å². The third kappa shape index (κ3) is 4.06. The first-order valence-corrected chi connectivity index (χ1v) is 5.55. The number of rotatable bonds is 6. The van der Waals surface area contributed by atoms with Gasteiger partial charge in [0.15, 0.2) is 0 Å². The Labute approximate surface area is 109 Å². The molecule has 0 heterocycles. The Morgan fingerprint density at radius 1 is 1.53 bits per heavy atom. The Morgan fingerprint density at radius 3 is 2.63 bits per heavy atom. The van der Waals surface area contributed by atoms with Crippen molar-refractivity contribution in [3.05, 3.63) is 33.9 Å². The molecule has 1 aromatic rings. The van der Waals surface area contributed by atoms with Crippen molar-refractivity contribution in [2.45, 2.75) is 25.8 Å². The minimum atomic E-state index is -0.723. The van der Waals surface area contributed by atoms with Gasteiger partial charge in [-0.3, -0.25) is 19.7 Å². The van der Waals surface area contributed by atoms with Crippen molar-refractivity contribution in [3.8, 4) is 0 Å². The summed E-state index contributed by atoms with van der Waals surface area (Å²) in [5, 5.41) is 13.8. The Balaban J connectivity index is 3.10. The number of nitro groups is 1. The van der Waals surface area contributed by atoms with E-state index >= 15 is 0 Å². The van der Waals surface area contributed by atoms with Crippen molar-refractivity contribution in [2.24, 2.45) is 5.73 Å². The number of carbonyl (C=O) groups excluding carboxylic acids is 2. The summed E-state index contributed by atoms with van der Waals surface area (Å²) >= 11 is 0. The zero-order chi connectivity index (χ0) is 14.6. The fourth-order valence-corrected chi connectivity index (χ4v) is 1.72. The first-order valence-electron chi connectivity index (χ1n) is 5.55. The molecule has 102 valence electrons. The number of nitro benzene ring substituents is 1. The van der Waals surface area contributed by atoms with Crippen LogP contribution in [-0.4, -0.2) is 22.7 Å². The lowest BCUT2D eigenvalue weighted by atomic mass is 9.99. The maximum Gasteiger partial charge on any atom is 0.293 e. The van der Waals surface area contributed by atoms with E-state index in [1.165, 1.54) is 18.2 Å². The van der Waals surface area contributed by atoms with Crippen molar-refractivity contribution in [2.75, 3.05) is 5.32 Å². The Kier molecular flexibility index (Phi) is 4.21. The normalized spacial score (nSPS) is 10.8. The zero-order valence-electron chi connectivity index (χ0n) is 10.7. The third-order valence-electron chi connectivity index (χ3n) is 2.44. The third-order valence-corrected chi connectivity index (χ3v) is 2.44. The van der Waals surface area contributed by atoms with Crippen molar-refractivity contribution in [3.63, 3.8) is 0 Å². The lowest BCUT2D eigenvalue weighted by molar-refractivity contribution is -0.384.